The fourth-order valence-corrected chi connectivity index (χ4v) is 3.03. The number of ether oxygens (including phenoxy) is 1. The molecule has 1 heterocycles. The number of amides is 1. The number of carbonyl (C=O) groups is 1. The van der Waals surface area contributed by atoms with Crippen LogP contribution >= 0.6 is 12.4 Å². The maximum Gasteiger partial charge on any atom is 0.220 e. The van der Waals surface area contributed by atoms with E-state index < -0.39 is 0 Å². The van der Waals surface area contributed by atoms with Crippen LogP contribution in [0.4, 0.5) is 0 Å². The molecule has 21 heavy (non-hydrogen) atoms. The minimum absolute atomic E-state index is 0. The minimum Gasteiger partial charge on any atom is -0.379 e. The molecule has 0 spiro atoms. The van der Waals surface area contributed by atoms with Crippen molar-refractivity contribution in [2.75, 3.05) is 20.2 Å². The summed E-state index contributed by atoms with van der Waals surface area (Å²) in [4.78, 5) is 12.1. The lowest BCUT2D eigenvalue weighted by Crippen LogP contribution is -2.40. The van der Waals surface area contributed by atoms with Gasteiger partial charge in [-0.3, -0.25) is 4.79 Å². The topological polar surface area (TPSA) is 50.4 Å². The van der Waals surface area contributed by atoms with Crippen molar-refractivity contribution >= 4 is 18.3 Å². The van der Waals surface area contributed by atoms with Gasteiger partial charge >= 0.3 is 0 Å². The maximum atomic E-state index is 12.1. The first-order valence-electron chi connectivity index (χ1n) is 7.89. The van der Waals surface area contributed by atoms with Crippen molar-refractivity contribution in [1.29, 1.82) is 0 Å². The molecule has 0 radical (unpaired) electrons. The van der Waals surface area contributed by atoms with Gasteiger partial charge in [0.25, 0.3) is 0 Å². The highest BCUT2D eigenvalue weighted by molar-refractivity contribution is 5.85. The second-order valence-electron chi connectivity index (χ2n) is 6.92. The normalized spacial score (nSPS) is 22.0. The molecule has 0 bridgehead atoms. The Labute approximate surface area is 136 Å². The predicted octanol–water partition coefficient (Wildman–Crippen LogP) is 2.75. The summed E-state index contributed by atoms with van der Waals surface area (Å²) in [6.45, 7) is 10.5. The first kappa shape index (κ1) is 20.7. The van der Waals surface area contributed by atoms with E-state index in [1.165, 1.54) is 12.8 Å². The van der Waals surface area contributed by atoms with Gasteiger partial charge in [-0.05, 0) is 65.0 Å². The molecule has 1 aliphatic heterocycles. The molecule has 3 atom stereocenters. The molecule has 0 saturated carbocycles. The van der Waals surface area contributed by atoms with E-state index in [2.05, 4.69) is 17.6 Å². The van der Waals surface area contributed by atoms with Gasteiger partial charge in [0, 0.05) is 19.6 Å². The highest BCUT2D eigenvalue weighted by atomic mass is 35.5. The number of hydrogen-bond acceptors (Lipinski definition) is 3. The fraction of sp³-hybridized carbons (Fsp3) is 0.938. The lowest BCUT2D eigenvalue weighted by molar-refractivity contribution is -0.123. The van der Waals surface area contributed by atoms with Gasteiger partial charge in [-0.15, -0.1) is 12.4 Å². The SMILES string of the molecule is COC(C)(C)CC(C)NC(=O)CC(C)C1CCCNC1.Cl. The molecule has 0 aromatic heterocycles. The molecule has 1 aliphatic rings. The monoisotopic (exact) mass is 320 g/mol. The Morgan fingerprint density at radius 2 is 2.10 bits per heavy atom. The van der Waals surface area contributed by atoms with Crippen LogP contribution in [0.2, 0.25) is 0 Å². The van der Waals surface area contributed by atoms with E-state index in [0.717, 1.165) is 19.5 Å². The maximum absolute atomic E-state index is 12.1. The highest BCUT2D eigenvalue weighted by Gasteiger charge is 2.24. The first-order chi connectivity index (χ1) is 9.34. The molecular formula is C16H33ClN2O2. The van der Waals surface area contributed by atoms with E-state index in [9.17, 15) is 4.79 Å². The molecule has 3 unspecified atom stereocenters. The third-order valence-electron chi connectivity index (χ3n) is 4.40. The van der Waals surface area contributed by atoms with Gasteiger partial charge in [0.1, 0.15) is 0 Å². The van der Waals surface area contributed by atoms with Crippen LogP contribution in [0.25, 0.3) is 0 Å². The van der Waals surface area contributed by atoms with E-state index in [1.54, 1.807) is 7.11 Å². The summed E-state index contributed by atoms with van der Waals surface area (Å²) in [6.07, 6.45) is 3.93. The molecule has 5 heteroatoms. The summed E-state index contributed by atoms with van der Waals surface area (Å²) in [5.41, 5.74) is -0.189. The van der Waals surface area contributed by atoms with Crippen molar-refractivity contribution in [3.8, 4) is 0 Å². The second-order valence-corrected chi connectivity index (χ2v) is 6.92. The molecule has 1 saturated heterocycles. The Hall–Kier alpha value is -0.320. The third kappa shape index (κ3) is 8.03. The van der Waals surface area contributed by atoms with Crippen molar-refractivity contribution in [3.05, 3.63) is 0 Å². The van der Waals surface area contributed by atoms with E-state index in [0.29, 0.717) is 18.3 Å². The summed E-state index contributed by atoms with van der Waals surface area (Å²) in [5.74, 6) is 1.26. The van der Waals surface area contributed by atoms with E-state index in [4.69, 9.17) is 4.74 Å². The van der Waals surface area contributed by atoms with Crippen molar-refractivity contribution in [1.82, 2.24) is 10.6 Å². The lowest BCUT2D eigenvalue weighted by atomic mass is 9.85. The van der Waals surface area contributed by atoms with Crippen LogP contribution in [0.5, 0.6) is 0 Å². The number of rotatable bonds is 7. The van der Waals surface area contributed by atoms with Crippen LogP contribution < -0.4 is 10.6 Å². The first-order valence-corrected chi connectivity index (χ1v) is 7.89. The van der Waals surface area contributed by atoms with Gasteiger partial charge in [0.05, 0.1) is 5.60 Å². The largest absolute Gasteiger partial charge is 0.379 e. The molecule has 126 valence electrons. The molecule has 1 fully saturated rings. The Bertz CT molecular complexity index is 305. The Morgan fingerprint density at radius 3 is 2.62 bits per heavy atom. The average Bonchev–Trinajstić information content (AvgIpc) is 2.38. The van der Waals surface area contributed by atoms with Gasteiger partial charge in [0.15, 0.2) is 0 Å². The van der Waals surface area contributed by atoms with Gasteiger partial charge < -0.3 is 15.4 Å². The number of piperidine rings is 1. The Morgan fingerprint density at radius 1 is 1.43 bits per heavy atom. The molecule has 0 aromatic carbocycles. The van der Waals surface area contributed by atoms with Crippen molar-refractivity contribution < 1.29 is 9.53 Å². The van der Waals surface area contributed by atoms with E-state index >= 15 is 0 Å². The summed E-state index contributed by atoms with van der Waals surface area (Å²) in [6, 6.07) is 0.147. The molecular weight excluding hydrogens is 288 g/mol. The lowest BCUT2D eigenvalue weighted by Gasteiger charge is -2.29. The molecule has 1 amide bonds. The van der Waals surface area contributed by atoms with Crippen LogP contribution in [-0.2, 0) is 9.53 Å². The van der Waals surface area contributed by atoms with Crippen molar-refractivity contribution in [2.45, 2.75) is 65.0 Å². The van der Waals surface area contributed by atoms with Gasteiger partial charge in [-0.2, -0.15) is 0 Å². The standard InChI is InChI=1S/C16H32N2O2.ClH/c1-12(14-7-6-8-17-11-14)9-15(19)18-13(2)10-16(3,4)20-5;/h12-14,17H,6-11H2,1-5H3,(H,18,19);1H. The van der Waals surface area contributed by atoms with Crippen molar-refractivity contribution in [2.24, 2.45) is 11.8 Å². The van der Waals surface area contributed by atoms with E-state index in [-0.39, 0.29) is 30.0 Å². The zero-order valence-electron chi connectivity index (χ0n) is 14.2. The number of hydrogen-bond donors (Lipinski definition) is 2. The zero-order chi connectivity index (χ0) is 15.2. The van der Waals surface area contributed by atoms with Crippen LogP contribution in [0.3, 0.4) is 0 Å². The van der Waals surface area contributed by atoms with Crippen LogP contribution in [0.1, 0.15) is 53.4 Å². The van der Waals surface area contributed by atoms with Gasteiger partial charge in [0.2, 0.25) is 5.91 Å². The third-order valence-corrected chi connectivity index (χ3v) is 4.40. The second kappa shape index (κ2) is 9.65. The van der Waals surface area contributed by atoms with Crippen molar-refractivity contribution in [3.63, 3.8) is 0 Å². The summed E-state index contributed by atoms with van der Waals surface area (Å²) < 4.78 is 5.41. The van der Waals surface area contributed by atoms with Crippen LogP contribution in [0, 0.1) is 11.8 Å². The number of halogens is 1. The Kier molecular flexibility index (Phi) is 9.50. The van der Waals surface area contributed by atoms with Crippen LogP contribution in [-0.4, -0.2) is 37.7 Å². The Balaban J connectivity index is 0.00000400. The minimum atomic E-state index is -0.189. The van der Waals surface area contributed by atoms with Gasteiger partial charge in [-0.1, -0.05) is 6.92 Å². The van der Waals surface area contributed by atoms with Crippen LogP contribution in [0.15, 0.2) is 0 Å². The summed E-state index contributed by atoms with van der Waals surface area (Å²) in [5, 5.41) is 6.52. The smallest absolute Gasteiger partial charge is 0.220 e. The van der Waals surface area contributed by atoms with Gasteiger partial charge in [-0.25, -0.2) is 0 Å². The van der Waals surface area contributed by atoms with E-state index in [1.807, 2.05) is 20.8 Å². The average molecular weight is 321 g/mol. The zero-order valence-corrected chi connectivity index (χ0v) is 15.0. The predicted molar refractivity (Wildman–Crippen MR) is 89.9 cm³/mol. The molecule has 1 rings (SSSR count). The summed E-state index contributed by atoms with van der Waals surface area (Å²) in [7, 11) is 1.71. The molecule has 0 aliphatic carbocycles. The highest BCUT2D eigenvalue weighted by Crippen LogP contribution is 2.22. The molecule has 0 aromatic rings. The number of carbonyl (C=O) groups excluding carboxylic acids is 1. The number of methoxy groups -OCH3 is 1. The fourth-order valence-electron chi connectivity index (χ4n) is 3.03. The summed E-state index contributed by atoms with van der Waals surface area (Å²) >= 11 is 0. The molecule has 4 nitrogen and oxygen atoms in total. The quantitative estimate of drug-likeness (QED) is 0.758. The number of nitrogens with one attached hydrogen (secondary N) is 2. The molecule has 2 N–H and O–H groups in total.